The van der Waals surface area contributed by atoms with Gasteiger partial charge in [0, 0.05) is 18.6 Å². The van der Waals surface area contributed by atoms with E-state index in [9.17, 15) is 0 Å². The van der Waals surface area contributed by atoms with Gasteiger partial charge < -0.3 is 16.5 Å². The van der Waals surface area contributed by atoms with Crippen LogP contribution in [0.4, 0.5) is 0 Å². The zero-order valence-corrected chi connectivity index (χ0v) is 8.70. The highest BCUT2D eigenvalue weighted by molar-refractivity contribution is 6.31. The van der Waals surface area contributed by atoms with Crippen molar-refractivity contribution in [2.45, 2.75) is 6.54 Å². The predicted octanol–water partition coefficient (Wildman–Crippen LogP) is 0.960. The third-order valence-electron chi connectivity index (χ3n) is 1.89. The summed E-state index contributed by atoms with van der Waals surface area (Å²) in [5, 5.41) is 4.10. The smallest absolute Gasteiger partial charge is 0.213 e. The predicted molar refractivity (Wildman–Crippen MR) is 58.7 cm³/mol. The molecule has 0 unspecified atom stereocenters. The Morgan fingerprint density at radius 1 is 1.50 bits per heavy atom. The highest BCUT2D eigenvalue weighted by atomic mass is 35.5. The average molecular weight is 213 g/mol. The van der Waals surface area contributed by atoms with Crippen molar-refractivity contribution in [1.82, 2.24) is 4.90 Å². The maximum atomic E-state index is 5.98. The summed E-state index contributed by atoms with van der Waals surface area (Å²) in [6, 6.07) is 7.57. The molecule has 0 heterocycles. The van der Waals surface area contributed by atoms with Crippen LogP contribution in [0.25, 0.3) is 0 Å². The van der Waals surface area contributed by atoms with Gasteiger partial charge in [-0.15, -0.1) is 5.10 Å². The molecule has 0 aliphatic heterocycles. The van der Waals surface area contributed by atoms with Crippen LogP contribution in [0, 0.1) is 0 Å². The zero-order chi connectivity index (χ0) is 10.6. The van der Waals surface area contributed by atoms with Crippen LogP contribution in [0.3, 0.4) is 0 Å². The minimum atomic E-state index is 0.282. The van der Waals surface area contributed by atoms with Gasteiger partial charge in [-0.1, -0.05) is 29.8 Å². The molecule has 0 saturated carbocycles. The molecule has 4 N–H and O–H groups in total. The number of rotatable bonds is 2. The van der Waals surface area contributed by atoms with Gasteiger partial charge in [0.2, 0.25) is 5.96 Å². The summed E-state index contributed by atoms with van der Waals surface area (Å²) in [4.78, 5) is 1.72. The lowest BCUT2D eigenvalue weighted by Gasteiger charge is -2.17. The van der Waals surface area contributed by atoms with Gasteiger partial charge in [-0.2, -0.15) is 0 Å². The van der Waals surface area contributed by atoms with Crippen molar-refractivity contribution in [2.24, 2.45) is 16.7 Å². The van der Waals surface area contributed by atoms with Crippen LogP contribution in [0.5, 0.6) is 0 Å². The first-order valence-electron chi connectivity index (χ1n) is 4.13. The molecule has 0 radical (unpaired) electrons. The van der Waals surface area contributed by atoms with E-state index in [1.54, 1.807) is 11.9 Å². The molecule has 14 heavy (non-hydrogen) atoms. The lowest BCUT2D eigenvalue weighted by atomic mass is 10.2. The van der Waals surface area contributed by atoms with Gasteiger partial charge in [0.15, 0.2) is 0 Å². The highest BCUT2D eigenvalue weighted by Crippen LogP contribution is 2.15. The van der Waals surface area contributed by atoms with Crippen molar-refractivity contribution in [3.8, 4) is 0 Å². The zero-order valence-electron chi connectivity index (χ0n) is 7.94. The molecular weight excluding hydrogens is 200 g/mol. The van der Waals surface area contributed by atoms with Crippen molar-refractivity contribution < 1.29 is 0 Å². The van der Waals surface area contributed by atoms with E-state index in [1.165, 1.54) is 0 Å². The second kappa shape index (κ2) is 4.72. The Balaban J connectivity index is 2.74. The van der Waals surface area contributed by atoms with Gasteiger partial charge in [-0.3, -0.25) is 0 Å². The molecule has 76 valence electrons. The molecule has 0 bridgehead atoms. The fourth-order valence-corrected chi connectivity index (χ4v) is 1.26. The summed E-state index contributed by atoms with van der Waals surface area (Å²) >= 11 is 5.98. The van der Waals surface area contributed by atoms with Gasteiger partial charge in [-0.25, -0.2) is 0 Å². The third kappa shape index (κ3) is 2.53. The molecule has 0 spiro atoms. The fourth-order valence-electron chi connectivity index (χ4n) is 1.06. The van der Waals surface area contributed by atoms with E-state index in [0.29, 0.717) is 11.6 Å². The molecule has 0 amide bonds. The van der Waals surface area contributed by atoms with Crippen molar-refractivity contribution in [1.29, 1.82) is 0 Å². The SMILES string of the molecule is CN(Cc1ccccc1Cl)C(N)=NN. The van der Waals surface area contributed by atoms with Crippen LogP contribution in [0.15, 0.2) is 29.4 Å². The van der Waals surface area contributed by atoms with Crippen LogP contribution >= 0.6 is 11.6 Å². The van der Waals surface area contributed by atoms with Gasteiger partial charge in [0.1, 0.15) is 0 Å². The number of nitrogens with two attached hydrogens (primary N) is 2. The number of hydrogen-bond donors (Lipinski definition) is 2. The molecule has 5 heteroatoms. The Morgan fingerprint density at radius 3 is 2.71 bits per heavy atom. The third-order valence-corrected chi connectivity index (χ3v) is 2.26. The van der Waals surface area contributed by atoms with Crippen LogP contribution < -0.4 is 11.6 Å². The Bertz CT molecular complexity index is 337. The highest BCUT2D eigenvalue weighted by Gasteiger charge is 2.04. The van der Waals surface area contributed by atoms with E-state index < -0.39 is 0 Å². The normalized spacial score (nSPS) is 11.4. The van der Waals surface area contributed by atoms with Crippen molar-refractivity contribution in [2.75, 3.05) is 7.05 Å². The average Bonchev–Trinajstić information content (AvgIpc) is 2.20. The lowest BCUT2D eigenvalue weighted by Crippen LogP contribution is -2.34. The Morgan fingerprint density at radius 2 is 2.14 bits per heavy atom. The maximum Gasteiger partial charge on any atom is 0.213 e. The van der Waals surface area contributed by atoms with E-state index in [1.807, 2.05) is 24.3 Å². The van der Waals surface area contributed by atoms with E-state index in [2.05, 4.69) is 5.10 Å². The minimum absolute atomic E-state index is 0.282. The van der Waals surface area contributed by atoms with E-state index >= 15 is 0 Å². The fraction of sp³-hybridized carbons (Fsp3) is 0.222. The monoisotopic (exact) mass is 212 g/mol. The minimum Gasteiger partial charge on any atom is -0.368 e. The molecule has 0 atom stereocenters. The number of halogens is 1. The summed E-state index contributed by atoms with van der Waals surface area (Å²) in [5.41, 5.74) is 6.51. The Kier molecular flexibility index (Phi) is 3.59. The number of hydrazone groups is 1. The van der Waals surface area contributed by atoms with Gasteiger partial charge in [0.25, 0.3) is 0 Å². The summed E-state index contributed by atoms with van der Waals surface area (Å²) in [7, 11) is 1.80. The second-order valence-electron chi connectivity index (χ2n) is 2.93. The molecule has 0 saturated heterocycles. The van der Waals surface area contributed by atoms with Crippen LogP contribution in [0.2, 0.25) is 5.02 Å². The molecule has 1 rings (SSSR count). The number of benzene rings is 1. The number of nitrogens with zero attached hydrogens (tertiary/aromatic N) is 2. The molecule has 0 fully saturated rings. The molecule has 0 aliphatic rings. The summed E-state index contributed by atoms with van der Waals surface area (Å²) < 4.78 is 0. The first-order valence-corrected chi connectivity index (χ1v) is 4.51. The molecule has 1 aromatic rings. The summed E-state index contributed by atoms with van der Waals surface area (Å²) in [6.07, 6.45) is 0. The van der Waals surface area contributed by atoms with Crippen molar-refractivity contribution in [3.05, 3.63) is 34.9 Å². The quantitative estimate of drug-likeness (QED) is 0.332. The van der Waals surface area contributed by atoms with E-state index in [0.717, 1.165) is 5.56 Å². The topological polar surface area (TPSA) is 67.6 Å². The van der Waals surface area contributed by atoms with Crippen LogP contribution in [-0.4, -0.2) is 17.9 Å². The molecular formula is C9H13ClN4. The first kappa shape index (κ1) is 10.7. The van der Waals surface area contributed by atoms with Gasteiger partial charge in [0.05, 0.1) is 0 Å². The number of hydrogen-bond acceptors (Lipinski definition) is 2. The maximum absolute atomic E-state index is 5.98. The molecule has 0 aliphatic carbocycles. The van der Waals surface area contributed by atoms with E-state index in [-0.39, 0.29) is 5.96 Å². The molecule has 4 nitrogen and oxygen atoms in total. The second-order valence-corrected chi connectivity index (χ2v) is 3.34. The van der Waals surface area contributed by atoms with E-state index in [4.69, 9.17) is 23.2 Å². The standard InChI is InChI=1S/C9H13ClN4/c1-14(9(11)13-12)6-7-4-2-3-5-8(7)10/h2-5H,6,12H2,1H3,(H2,11,13). The Labute approximate surface area is 88.1 Å². The van der Waals surface area contributed by atoms with Crippen molar-refractivity contribution >= 4 is 17.6 Å². The lowest BCUT2D eigenvalue weighted by molar-refractivity contribution is 0.493. The molecule has 0 aromatic heterocycles. The summed E-state index contributed by atoms with van der Waals surface area (Å²) in [6.45, 7) is 0.589. The Hall–Kier alpha value is -1.42. The van der Waals surface area contributed by atoms with Crippen LogP contribution in [-0.2, 0) is 6.54 Å². The van der Waals surface area contributed by atoms with Crippen LogP contribution in [0.1, 0.15) is 5.56 Å². The van der Waals surface area contributed by atoms with Gasteiger partial charge in [-0.05, 0) is 11.6 Å². The summed E-state index contributed by atoms with van der Waals surface area (Å²) in [5.74, 6) is 5.34. The molecule has 1 aromatic carbocycles. The van der Waals surface area contributed by atoms with Gasteiger partial charge >= 0.3 is 0 Å². The largest absolute Gasteiger partial charge is 0.368 e. The number of guanidine groups is 1. The van der Waals surface area contributed by atoms with Crippen molar-refractivity contribution in [3.63, 3.8) is 0 Å². The first-order chi connectivity index (χ1) is 6.65.